The summed E-state index contributed by atoms with van der Waals surface area (Å²) in [5.74, 6) is -0.00551. The van der Waals surface area contributed by atoms with Gasteiger partial charge in [0.15, 0.2) is 5.65 Å². The molecule has 3 aromatic rings. The predicted octanol–water partition coefficient (Wildman–Crippen LogP) is 1.76. The standard InChI is InChI=1S/C20H22N6O2/c1-13-4-5-14(10-22-13)19(27)25-9-7-15(12-25)17-6-8-21-18-16(11-23-26(17)18)20(28)24(2)3/h4-6,8,10-11,15H,7,9,12H2,1-3H3. The summed E-state index contributed by atoms with van der Waals surface area (Å²) in [4.78, 5) is 37.0. The molecule has 4 heterocycles. The van der Waals surface area contributed by atoms with Crippen molar-refractivity contribution in [1.29, 1.82) is 0 Å². The highest BCUT2D eigenvalue weighted by Gasteiger charge is 2.30. The van der Waals surface area contributed by atoms with Crippen molar-refractivity contribution >= 4 is 17.5 Å². The summed E-state index contributed by atoms with van der Waals surface area (Å²) >= 11 is 0. The first-order valence-electron chi connectivity index (χ1n) is 9.22. The van der Waals surface area contributed by atoms with E-state index in [0.29, 0.717) is 29.9 Å². The average molecular weight is 378 g/mol. The van der Waals surface area contributed by atoms with Gasteiger partial charge < -0.3 is 9.80 Å². The molecule has 0 aliphatic carbocycles. The number of carbonyl (C=O) groups excluding carboxylic acids is 2. The SMILES string of the molecule is Cc1ccc(C(=O)N2CCC(c3ccnc4c(C(=O)N(C)C)cnn34)C2)cn1. The number of likely N-dealkylation sites (tertiary alicyclic amines) is 1. The number of amides is 2. The minimum absolute atomic E-state index is 0.00996. The Morgan fingerprint density at radius 3 is 2.68 bits per heavy atom. The molecule has 4 rings (SSSR count). The highest BCUT2D eigenvalue weighted by Crippen LogP contribution is 2.28. The second-order valence-corrected chi connectivity index (χ2v) is 7.29. The molecular formula is C20H22N6O2. The summed E-state index contributed by atoms with van der Waals surface area (Å²) in [5, 5.41) is 4.40. The highest BCUT2D eigenvalue weighted by molar-refractivity contribution is 5.99. The number of aryl methyl sites for hydroxylation is 1. The van der Waals surface area contributed by atoms with E-state index >= 15 is 0 Å². The molecule has 1 saturated heterocycles. The minimum Gasteiger partial charge on any atom is -0.345 e. The molecule has 1 atom stereocenters. The third-order valence-electron chi connectivity index (χ3n) is 5.12. The van der Waals surface area contributed by atoms with Crippen LogP contribution in [0.1, 0.15) is 44.4 Å². The molecule has 1 unspecified atom stereocenters. The van der Waals surface area contributed by atoms with Crippen LogP contribution < -0.4 is 0 Å². The summed E-state index contributed by atoms with van der Waals surface area (Å²) in [6.07, 6.45) is 5.72. The number of carbonyl (C=O) groups is 2. The number of rotatable bonds is 3. The monoisotopic (exact) mass is 378 g/mol. The third kappa shape index (κ3) is 3.11. The molecule has 144 valence electrons. The van der Waals surface area contributed by atoms with Gasteiger partial charge in [0, 0.05) is 51.2 Å². The lowest BCUT2D eigenvalue weighted by molar-refractivity contribution is 0.0789. The van der Waals surface area contributed by atoms with Gasteiger partial charge in [0.25, 0.3) is 11.8 Å². The first kappa shape index (κ1) is 18.1. The Bertz CT molecular complexity index is 1040. The van der Waals surface area contributed by atoms with Crippen molar-refractivity contribution in [1.82, 2.24) is 29.4 Å². The molecule has 2 amide bonds. The van der Waals surface area contributed by atoms with Crippen LogP contribution in [-0.2, 0) is 0 Å². The van der Waals surface area contributed by atoms with Crippen LogP contribution in [-0.4, -0.2) is 68.4 Å². The van der Waals surface area contributed by atoms with Gasteiger partial charge in [-0.1, -0.05) is 0 Å². The smallest absolute Gasteiger partial charge is 0.258 e. The molecule has 1 aliphatic heterocycles. The predicted molar refractivity (Wildman–Crippen MR) is 103 cm³/mol. The Morgan fingerprint density at radius 2 is 1.96 bits per heavy atom. The van der Waals surface area contributed by atoms with E-state index in [1.54, 1.807) is 37.2 Å². The van der Waals surface area contributed by atoms with Gasteiger partial charge >= 0.3 is 0 Å². The molecule has 0 saturated carbocycles. The van der Waals surface area contributed by atoms with Crippen molar-refractivity contribution in [3.63, 3.8) is 0 Å². The van der Waals surface area contributed by atoms with Crippen molar-refractivity contribution in [2.75, 3.05) is 27.2 Å². The number of hydrogen-bond donors (Lipinski definition) is 0. The van der Waals surface area contributed by atoms with Crippen LogP contribution in [0, 0.1) is 6.92 Å². The van der Waals surface area contributed by atoms with Gasteiger partial charge in [0.2, 0.25) is 0 Å². The second kappa shape index (κ2) is 7.03. The minimum atomic E-state index is -0.130. The van der Waals surface area contributed by atoms with Gasteiger partial charge in [0.05, 0.1) is 17.5 Å². The van der Waals surface area contributed by atoms with Crippen molar-refractivity contribution in [3.8, 4) is 0 Å². The van der Waals surface area contributed by atoms with Crippen molar-refractivity contribution in [3.05, 3.63) is 59.3 Å². The zero-order valence-electron chi connectivity index (χ0n) is 16.2. The number of aromatic nitrogens is 4. The van der Waals surface area contributed by atoms with Crippen molar-refractivity contribution in [2.45, 2.75) is 19.3 Å². The van der Waals surface area contributed by atoms with Crippen LogP contribution in [0.25, 0.3) is 5.65 Å². The van der Waals surface area contributed by atoms with Crippen LogP contribution in [0.3, 0.4) is 0 Å². The molecule has 28 heavy (non-hydrogen) atoms. The number of fused-ring (bicyclic) bond motifs is 1. The van der Waals surface area contributed by atoms with E-state index < -0.39 is 0 Å². The van der Waals surface area contributed by atoms with E-state index in [1.807, 2.05) is 30.0 Å². The molecule has 8 heteroatoms. The van der Waals surface area contributed by atoms with Crippen LogP contribution in [0.5, 0.6) is 0 Å². The van der Waals surface area contributed by atoms with Gasteiger partial charge in [-0.3, -0.25) is 14.6 Å². The maximum absolute atomic E-state index is 12.8. The molecule has 1 aliphatic rings. The Kier molecular flexibility index (Phi) is 4.54. The fourth-order valence-electron chi connectivity index (χ4n) is 3.57. The Labute approximate surface area is 162 Å². The molecule has 0 bridgehead atoms. The Balaban J connectivity index is 1.59. The molecule has 0 spiro atoms. The molecule has 0 N–H and O–H groups in total. The lowest BCUT2D eigenvalue weighted by Crippen LogP contribution is -2.28. The van der Waals surface area contributed by atoms with Gasteiger partial charge in [0.1, 0.15) is 5.56 Å². The third-order valence-corrected chi connectivity index (χ3v) is 5.12. The van der Waals surface area contributed by atoms with E-state index in [-0.39, 0.29) is 17.7 Å². The highest BCUT2D eigenvalue weighted by atomic mass is 16.2. The fraction of sp³-hybridized carbons (Fsp3) is 0.350. The van der Waals surface area contributed by atoms with Crippen molar-refractivity contribution < 1.29 is 9.59 Å². The maximum Gasteiger partial charge on any atom is 0.258 e. The number of hydrogen-bond acceptors (Lipinski definition) is 5. The average Bonchev–Trinajstić information content (AvgIpc) is 3.34. The van der Waals surface area contributed by atoms with E-state index in [9.17, 15) is 9.59 Å². The quantitative estimate of drug-likeness (QED) is 0.693. The molecule has 0 aromatic carbocycles. The normalized spacial score (nSPS) is 16.5. The zero-order valence-corrected chi connectivity index (χ0v) is 16.2. The first-order chi connectivity index (χ1) is 13.5. The maximum atomic E-state index is 12.8. The summed E-state index contributed by atoms with van der Waals surface area (Å²) in [6, 6.07) is 5.57. The lowest BCUT2D eigenvalue weighted by atomic mass is 10.0. The van der Waals surface area contributed by atoms with Gasteiger partial charge in [-0.15, -0.1) is 0 Å². The molecular weight excluding hydrogens is 356 g/mol. The topological polar surface area (TPSA) is 83.7 Å². The van der Waals surface area contributed by atoms with E-state index in [1.165, 1.54) is 4.90 Å². The van der Waals surface area contributed by atoms with E-state index in [2.05, 4.69) is 15.1 Å². The lowest BCUT2D eigenvalue weighted by Gasteiger charge is -2.17. The fourth-order valence-corrected chi connectivity index (χ4v) is 3.57. The number of nitrogens with zero attached hydrogens (tertiary/aromatic N) is 6. The summed E-state index contributed by atoms with van der Waals surface area (Å²) < 4.78 is 1.73. The van der Waals surface area contributed by atoms with Gasteiger partial charge in [-0.25, -0.2) is 9.50 Å². The van der Waals surface area contributed by atoms with Crippen LogP contribution >= 0.6 is 0 Å². The van der Waals surface area contributed by atoms with E-state index in [0.717, 1.165) is 17.8 Å². The zero-order chi connectivity index (χ0) is 19.8. The van der Waals surface area contributed by atoms with Gasteiger partial charge in [-0.05, 0) is 31.5 Å². The number of pyridine rings is 1. The van der Waals surface area contributed by atoms with Crippen LogP contribution in [0.15, 0.2) is 36.8 Å². The Morgan fingerprint density at radius 1 is 1.14 bits per heavy atom. The second-order valence-electron chi connectivity index (χ2n) is 7.29. The molecule has 3 aromatic heterocycles. The Hall–Kier alpha value is -3.29. The van der Waals surface area contributed by atoms with E-state index in [4.69, 9.17) is 0 Å². The van der Waals surface area contributed by atoms with Gasteiger partial charge in [-0.2, -0.15) is 5.10 Å². The summed E-state index contributed by atoms with van der Waals surface area (Å²) in [7, 11) is 3.41. The van der Waals surface area contributed by atoms with Crippen LogP contribution in [0.2, 0.25) is 0 Å². The molecule has 0 radical (unpaired) electrons. The first-order valence-corrected chi connectivity index (χ1v) is 9.22. The summed E-state index contributed by atoms with van der Waals surface area (Å²) in [5.41, 5.74) is 3.47. The molecule has 1 fully saturated rings. The largest absolute Gasteiger partial charge is 0.345 e. The van der Waals surface area contributed by atoms with Crippen molar-refractivity contribution in [2.24, 2.45) is 0 Å². The summed E-state index contributed by atoms with van der Waals surface area (Å²) in [6.45, 7) is 3.17. The van der Waals surface area contributed by atoms with Crippen LogP contribution in [0.4, 0.5) is 0 Å². The molecule has 8 nitrogen and oxygen atoms in total.